The van der Waals surface area contributed by atoms with E-state index in [1.165, 1.54) is 0 Å². The Labute approximate surface area is 191 Å². The van der Waals surface area contributed by atoms with Crippen LogP contribution in [0.1, 0.15) is 27.5 Å². The Balaban J connectivity index is 1.45. The van der Waals surface area contributed by atoms with Crippen molar-refractivity contribution < 1.29 is 13.9 Å². The second kappa shape index (κ2) is 9.58. The number of benzene rings is 2. The first-order valence-electron chi connectivity index (χ1n) is 10.1. The zero-order valence-corrected chi connectivity index (χ0v) is 18.2. The van der Waals surface area contributed by atoms with Crippen molar-refractivity contribution in [2.75, 3.05) is 38.2 Å². The van der Waals surface area contributed by atoms with Gasteiger partial charge in [-0.3, -0.25) is 4.79 Å². The molecule has 1 fully saturated rings. The molecular formula is C24H21ClN4O3. The van der Waals surface area contributed by atoms with E-state index in [1.54, 1.807) is 54.5 Å². The molecule has 4 rings (SSSR count). The van der Waals surface area contributed by atoms with Gasteiger partial charge in [0.25, 0.3) is 5.91 Å². The molecule has 2 aromatic carbocycles. The van der Waals surface area contributed by atoms with Gasteiger partial charge < -0.3 is 19.0 Å². The summed E-state index contributed by atoms with van der Waals surface area (Å²) in [5.41, 5.74) is 1.63. The van der Waals surface area contributed by atoms with E-state index >= 15 is 0 Å². The first-order valence-corrected chi connectivity index (χ1v) is 10.5. The number of oxazole rings is 1. The van der Waals surface area contributed by atoms with Crippen molar-refractivity contribution in [1.82, 2.24) is 9.88 Å². The molecule has 0 N–H and O–H groups in total. The van der Waals surface area contributed by atoms with E-state index in [4.69, 9.17) is 20.8 Å². The highest BCUT2D eigenvalue weighted by molar-refractivity contribution is 6.32. The number of ether oxygens (including phenoxy) is 1. The lowest BCUT2D eigenvalue weighted by molar-refractivity contribution is 0.0745. The largest absolute Gasteiger partial charge is 0.497 e. The van der Waals surface area contributed by atoms with Crippen LogP contribution in [-0.4, -0.2) is 49.1 Å². The van der Waals surface area contributed by atoms with Crippen LogP contribution < -0.4 is 9.64 Å². The molecule has 0 saturated carbocycles. The number of hydrogen-bond donors (Lipinski definition) is 0. The maximum atomic E-state index is 12.8. The lowest BCUT2D eigenvalue weighted by Crippen LogP contribution is -2.48. The van der Waals surface area contributed by atoms with Gasteiger partial charge in [0.15, 0.2) is 0 Å². The van der Waals surface area contributed by atoms with E-state index in [0.717, 1.165) is 5.56 Å². The zero-order chi connectivity index (χ0) is 22.5. The van der Waals surface area contributed by atoms with Gasteiger partial charge in [-0.15, -0.1) is 0 Å². The van der Waals surface area contributed by atoms with E-state index in [-0.39, 0.29) is 11.6 Å². The number of hydrogen-bond acceptors (Lipinski definition) is 6. The van der Waals surface area contributed by atoms with Crippen LogP contribution in [0.25, 0.3) is 12.2 Å². The number of nitrogens with zero attached hydrogens (tertiary/aromatic N) is 4. The number of carbonyl (C=O) groups is 1. The average Bonchev–Trinajstić information content (AvgIpc) is 3.26. The van der Waals surface area contributed by atoms with Gasteiger partial charge in [0.05, 0.1) is 7.11 Å². The molecule has 162 valence electrons. The first kappa shape index (κ1) is 21.5. The van der Waals surface area contributed by atoms with E-state index in [2.05, 4.69) is 11.1 Å². The highest BCUT2D eigenvalue weighted by atomic mass is 35.5. The van der Waals surface area contributed by atoms with E-state index in [0.29, 0.717) is 54.3 Å². The molecule has 2 heterocycles. The van der Waals surface area contributed by atoms with Crippen molar-refractivity contribution in [3.05, 3.63) is 76.3 Å². The Morgan fingerprint density at radius 3 is 2.66 bits per heavy atom. The fourth-order valence-corrected chi connectivity index (χ4v) is 3.71. The number of halogens is 1. The maximum absolute atomic E-state index is 12.8. The second-order valence-electron chi connectivity index (χ2n) is 7.18. The SMILES string of the molecule is COc1cccc(C(=O)N2CCN(c3oc(/C=C/c4ccccc4Cl)nc3C#N)CC2)c1. The predicted molar refractivity (Wildman–Crippen MR) is 123 cm³/mol. The van der Waals surface area contributed by atoms with Crippen molar-refractivity contribution >= 4 is 35.5 Å². The Kier molecular flexibility index (Phi) is 6.43. The zero-order valence-electron chi connectivity index (χ0n) is 17.5. The Bertz CT molecular complexity index is 1190. The van der Waals surface area contributed by atoms with Crippen LogP contribution in [0, 0.1) is 11.3 Å². The Morgan fingerprint density at radius 2 is 1.94 bits per heavy atom. The van der Waals surface area contributed by atoms with Gasteiger partial charge in [0, 0.05) is 42.8 Å². The van der Waals surface area contributed by atoms with E-state index < -0.39 is 0 Å². The second-order valence-corrected chi connectivity index (χ2v) is 7.59. The normalized spacial score (nSPS) is 13.9. The van der Waals surface area contributed by atoms with Gasteiger partial charge >= 0.3 is 0 Å². The van der Waals surface area contributed by atoms with Gasteiger partial charge in [-0.1, -0.05) is 35.9 Å². The summed E-state index contributed by atoms with van der Waals surface area (Å²) in [6.45, 7) is 2.08. The topological polar surface area (TPSA) is 82.6 Å². The molecule has 1 aliphatic heterocycles. The van der Waals surface area contributed by atoms with Crippen LogP contribution in [0.15, 0.2) is 52.9 Å². The molecule has 1 aliphatic rings. The average molecular weight is 449 g/mol. The fraction of sp³-hybridized carbons (Fsp3) is 0.208. The predicted octanol–water partition coefficient (Wildman–Crippen LogP) is 4.34. The summed E-state index contributed by atoms with van der Waals surface area (Å²) in [7, 11) is 1.57. The van der Waals surface area contributed by atoms with E-state index in [9.17, 15) is 10.1 Å². The third-order valence-electron chi connectivity index (χ3n) is 5.21. The molecule has 0 aliphatic carbocycles. The number of aromatic nitrogens is 1. The van der Waals surface area contributed by atoms with Crippen LogP contribution in [-0.2, 0) is 0 Å². The molecule has 0 atom stereocenters. The third-order valence-corrected chi connectivity index (χ3v) is 5.56. The molecule has 0 radical (unpaired) electrons. The summed E-state index contributed by atoms with van der Waals surface area (Å²) >= 11 is 6.17. The van der Waals surface area contributed by atoms with Crippen LogP contribution in [0.2, 0.25) is 5.02 Å². The van der Waals surface area contributed by atoms with Gasteiger partial charge in [0.1, 0.15) is 11.8 Å². The van der Waals surface area contributed by atoms with Gasteiger partial charge in [-0.05, 0) is 35.9 Å². The molecule has 1 saturated heterocycles. The summed E-state index contributed by atoms with van der Waals surface area (Å²) in [6.07, 6.45) is 3.48. The monoisotopic (exact) mass is 448 g/mol. The number of methoxy groups -OCH3 is 1. The van der Waals surface area contributed by atoms with Gasteiger partial charge in [-0.25, -0.2) is 0 Å². The molecule has 8 heteroatoms. The summed E-state index contributed by atoms with van der Waals surface area (Å²) in [5.74, 6) is 1.34. The smallest absolute Gasteiger partial charge is 0.254 e. The fourth-order valence-electron chi connectivity index (χ4n) is 3.51. The summed E-state index contributed by atoms with van der Waals surface area (Å²) in [6, 6.07) is 16.6. The van der Waals surface area contributed by atoms with Crippen LogP contribution in [0.5, 0.6) is 5.75 Å². The van der Waals surface area contributed by atoms with E-state index in [1.807, 2.05) is 23.1 Å². The minimum absolute atomic E-state index is 0.0509. The number of carbonyl (C=O) groups excluding carboxylic acids is 1. The van der Waals surface area contributed by atoms with Crippen molar-refractivity contribution in [2.24, 2.45) is 0 Å². The van der Waals surface area contributed by atoms with Crippen molar-refractivity contribution in [1.29, 1.82) is 5.26 Å². The Hall–Kier alpha value is -3.76. The first-order chi connectivity index (χ1) is 15.6. The lowest BCUT2D eigenvalue weighted by atomic mass is 10.1. The number of anilines is 1. The number of piperazine rings is 1. The third kappa shape index (κ3) is 4.61. The molecular weight excluding hydrogens is 428 g/mol. The highest BCUT2D eigenvalue weighted by Crippen LogP contribution is 2.25. The maximum Gasteiger partial charge on any atom is 0.254 e. The molecule has 0 unspecified atom stereocenters. The summed E-state index contributed by atoms with van der Waals surface area (Å²) < 4.78 is 11.1. The molecule has 7 nitrogen and oxygen atoms in total. The van der Waals surface area contributed by atoms with Crippen LogP contribution in [0.3, 0.4) is 0 Å². The molecule has 3 aromatic rings. The summed E-state index contributed by atoms with van der Waals surface area (Å²) in [4.78, 5) is 20.8. The quantitative estimate of drug-likeness (QED) is 0.577. The van der Waals surface area contributed by atoms with Crippen LogP contribution in [0.4, 0.5) is 5.88 Å². The van der Waals surface area contributed by atoms with Gasteiger partial charge in [0.2, 0.25) is 17.5 Å². The molecule has 1 amide bonds. The summed E-state index contributed by atoms with van der Waals surface area (Å²) in [5, 5.41) is 10.1. The number of amides is 1. The Morgan fingerprint density at radius 1 is 1.16 bits per heavy atom. The molecule has 1 aromatic heterocycles. The molecule has 32 heavy (non-hydrogen) atoms. The highest BCUT2D eigenvalue weighted by Gasteiger charge is 2.26. The van der Waals surface area contributed by atoms with Crippen molar-refractivity contribution in [3.63, 3.8) is 0 Å². The minimum atomic E-state index is -0.0509. The van der Waals surface area contributed by atoms with Crippen molar-refractivity contribution in [2.45, 2.75) is 0 Å². The standard InChI is InChI=1S/C24H21ClN4O3/c1-31-19-7-4-6-18(15-19)23(30)28-11-13-29(14-12-28)24-21(16-26)27-22(32-24)10-9-17-5-2-3-8-20(17)25/h2-10,15H,11-14H2,1H3/b10-9+. The van der Waals surface area contributed by atoms with Crippen LogP contribution >= 0.6 is 11.6 Å². The van der Waals surface area contributed by atoms with Crippen molar-refractivity contribution in [3.8, 4) is 11.8 Å². The van der Waals surface area contributed by atoms with Gasteiger partial charge in [-0.2, -0.15) is 10.2 Å². The number of rotatable bonds is 5. The molecule has 0 spiro atoms. The lowest BCUT2D eigenvalue weighted by Gasteiger charge is -2.34. The minimum Gasteiger partial charge on any atom is -0.497 e. The number of nitriles is 1. The molecule has 0 bridgehead atoms.